The minimum Gasteiger partial charge on any atom is -0.372 e. The van der Waals surface area contributed by atoms with Crippen LogP contribution in [0.2, 0.25) is 0 Å². The van der Waals surface area contributed by atoms with Gasteiger partial charge in [0, 0.05) is 12.8 Å². The van der Waals surface area contributed by atoms with Crippen LogP contribution in [-0.2, 0) is 9.53 Å². The highest BCUT2D eigenvalue weighted by Crippen LogP contribution is 2.10. The molecule has 1 rings (SSSR count). The van der Waals surface area contributed by atoms with Gasteiger partial charge in [-0.25, -0.2) is 0 Å². The van der Waals surface area contributed by atoms with Gasteiger partial charge >= 0.3 is 0 Å². The average Bonchev–Trinajstić information content (AvgIpc) is 2.18. The van der Waals surface area contributed by atoms with E-state index in [0.717, 1.165) is 11.3 Å². The first-order chi connectivity index (χ1) is 6.74. The summed E-state index contributed by atoms with van der Waals surface area (Å²) in [5.74, 6) is -0.150. The van der Waals surface area contributed by atoms with Crippen LogP contribution in [0.25, 0.3) is 0 Å². The molecule has 0 bridgehead atoms. The number of rotatable bonds is 4. The second-order valence-corrected chi connectivity index (χ2v) is 2.88. The fourth-order valence-electron chi connectivity index (χ4n) is 0.976. The highest BCUT2D eigenvalue weighted by Gasteiger charge is 2.03. The molecular formula is C10H14N2O2. The van der Waals surface area contributed by atoms with E-state index in [1.165, 1.54) is 0 Å². The highest BCUT2D eigenvalue weighted by molar-refractivity contribution is 5.92. The smallest absolute Gasteiger partial charge is 0.250 e. The van der Waals surface area contributed by atoms with Gasteiger partial charge in [-0.05, 0) is 25.5 Å². The van der Waals surface area contributed by atoms with E-state index in [2.05, 4.69) is 10.3 Å². The molecule has 0 aliphatic rings. The van der Waals surface area contributed by atoms with Crippen molar-refractivity contribution in [2.75, 3.05) is 18.5 Å². The van der Waals surface area contributed by atoms with Gasteiger partial charge in [0.2, 0.25) is 5.91 Å². The first-order valence-electron chi connectivity index (χ1n) is 4.52. The van der Waals surface area contributed by atoms with Crippen LogP contribution in [0.4, 0.5) is 5.69 Å². The monoisotopic (exact) mass is 194 g/mol. The number of hydrogen-bond acceptors (Lipinski definition) is 3. The van der Waals surface area contributed by atoms with Crippen LogP contribution < -0.4 is 5.32 Å². The number of amides is 1. The number of nitrogens with one attached hydrogen (secondary N) is 1. The molecule has 0 fully saturated rings. The maximum absolute atomic E-state index is 11.3. The lowest BCUT2D eigenvalue weighted by Gasteiger charge is -2.06. The summed E-state index contributed by atoms with van der Waals surface area (Å²) in [5.41, 5.74) is 1.72. The Bertz CT molecular complexity index is 313. The molecule has 0 aromatic carbocycles. The van der Waals surface area contributed by atoms with Crippen molar-refractivity contribution < 1.29 is 9.53 Å². The van der Waals surface area contributed by atoms with E-state index in [0.29, 0.717) is 6.61 Å². The van der Waals surface area contributed by atoms with E-state index in [1.54, 1.807) is 12.4 Å². The first kappa shape index (κ1) is 10.7. The number of ether oxygens (including phenoxy) is 1. The van der Waals surface area contributed by atoms with Crippen LogP contribution in [0.5, 0.6) is 0 Å². The number of nitrogens with zero attached hydrogens (tertiary/aromatic N) is 1. The third kappa shape index (κ3) is 3.14. The van der Waals surface area contributed by atoms with Gasteiger partial charge in [0.05, 0.1) is 11.9 Å². The van der Waals surface area contributed by atoms with E-state index in [9.17, 15) is 4.79 Å². The van der Waals surface area contributed by atoms with Crippen molar-refractivity contribution in [3.63, 3.8) is 0 Å². The largest absolute Gasteiger partial charge is 0.372 e. The maximum Gasteiger partial charge on any atom is 0.250 e. The summed E-state index contributed by atoms with van der Waals surface area (Å²) in [6, 6.07) is 1.84. The minimum absolute atomic E-state index is 0.0881. The van der Waals surface area contributed by atoms with Gasteiger partial charge in [0.25, 0.3) is 0 Å². The summed E-state index contributed by atoms with van der Waals surface area (Å²) in [4.78, 5) is 15.2. The van der Waals surface area contributed by atoms with Gasteiger partial charge in [-0.1, -0.05) is 0 Å². The molecule has 4 heteroatoms. The van der Waals surface area contributed by atoms with Crippen LogP contribution >= 0.6 is 0 Å². The van der Waals surface area contributed by atoms with Gasteiger partial charge in [-0.3, -0.25) is 9.78 Å². The topological polar surface area (TPSA) is 51.2 Å². The zero-order chi connectivity index (χ0) is 10.4. The Kier molecular flexibility index (Phi) is 4.07. The van der Waals surface area contributed by atoms with Crippen molar-refractivity contribution in [3.8, 4) is 0 Å². The Hall–Kier alpha value is -1.42. The van der Waals surface area contributed by atoms with Gasteiger partial charge in [-0.2, -0.15) is 0 Å². The Morgan fingerprint density at radius 2 is 2.43 bits per heavy atom. The Labute approximate surface area is 83.3 Å². The number of carbonyl (C=O) groups excluding carboxylic acids is 1. The molecule has 0 aliphatic heterocycles. The summed E-state index contributed by atoms with van der Waals surface area (Å²) < 4.78 is 4.97. The predicted octanol–water partition coefficient (Wildman–Crippen LogP) is 1.37. The number of aryl methyl sites for hydroxylation is 1. The summed E-state index contributed by atoms with van der Waals surface area (Å²) >= 11 is 0. The van der Waals surface area contributed by atoms with Crippen molar-refractivity contribution in [1.29, 1.82) is 0 Å². The predicted molar refractivity (Wildman–Crippen MR) is 54.1 cm³/mol. The second-order valence-electron chi connectivity index (χ2n) is 2.88. The van der Waals surface area contributed by atoms with Gasteiger partial charge in [-0.15, -0.1) is 0 Å². The van der Waals surface area contributed by atoms with Crippen LogP contribution in [0, 0.1) is 6.92 Å². The molecule has 0 unspecified atom stereocenters. The molecule has 14 heavy (non-hydrogen) atoms. The molecule has 1 N–H and O–H groups in total. The molecule has 1 amide bonds. The van der Waals surface area contributed by atoms with Crippen molar-refractivity contribution in [1.82, 2.24) is 4.98 Å². The zero-order valence-corrected chi connectivity index (χ0v) is 8.41. The zero-order valence-electron chi connectivity index (χ0n) is 8.41. The minimum atomic E-state index is -0.150. The molecule has 0 atom stereocenters. The third-order valence-electron chi connectivity index (χ3n) is 1.75. The fraction of sp³-hybridized carbons (Fsp3) is 0.400. The lowest BCUT2D eigenvalue weighted by Crippen LogP contribution is -2.18. The van der Waals surface area contributed by atoms with Crippen LogP contribution in [0.15, 0.2) is 18.5 Å². The number of carbonyl (C=O) groups is 1. The normalized spacial score (nSPS) is 9.86. The van der Waals surface area contributed by atoms with E-state index in [1.807, 2.05) is 19.9 Å². The lowest BCUT2D eigenvalue weighted by atomic mass is 10.2. The fourth-order valence-corrected chi connectivity index (χ4v) is 0.976. The molecule has 76 valence electrons. The molecule has 1 aromatic heterocycles. The maximum atomic E-state index is 11.3. The molecule has 0 aliphatic carbocycles. The number of aromatic nitrogens is 1. The van der Waals surface area contributed by atoms with Crippen LogP contribution in [0.1, 0.15) is 12.5 Å². The standard InChI is InChI=1S/C10H14N2O2/c1-3-14-7-10(13)12-9-6-11-5-4-8(9)2/h4-6H,3,7H2,1-2H3,(H,12,13). The molecule has 1 heterocycles. The summed E-state index contributed by atoms with van der Waals surface area (Å²) in [6.45, 7) is 4.39. The van der Waals surface area contributed by atoms with Gasteiger partial charge in [0.15, 0.2) is 0 Å². The van der Waals surface area contributed by atoms with Gasteiger partial charge in [0.1, 0.15) is 6.61 Å². The van der Waals surface area contributed by atoms with Gasteiger partial charge < -0.3 is 10.1 Å². The lowest BCUT2D eigenvalue weighted by molar-refractivity contribution is -0.120. The summed E-state index contributed by atoms with van der Waals surface area (Å²) in [6.07, 6.45) is 3.31. The van der Waals surface area contributed by atoms with E-state index in [-0.39, 0.29) is 12.5 Å². The Morgan fingerprint density at radius 3 is 3.07 bits per heavy atom. The Morgan fingerprint density at radius 1 is 1.64 bits per heavy atom. The van der Waals surface area contributed by atoms with Crippen LogP contribution in [-0.4, -0.2) is 24.1 Å². The van der Waals surface area contributed by atoms with Crippen molar-refractivity contribution in [2.45, 2.75) is 13.8 Å². The van der Waals surface area contributed by atoms with E-state index >= 15 is 0 Å². The number of pyridine rings is 1. The van der Waals surface area contributed by atoms with Crippen LogP contribution in [0.3, 0.4) is 0 Å². The summed E-state index contributed by atoms with van der Waals surface area (Å²) in [7, 11) is 0. The highest BCUT2D eigenvalue weighted by atomic mass is 16.5. The molecule has 4 nitrogen and oxygen atoms in total. The molecule has 0 saturated carbocycles. The summed E-state index contributed by atoms with van der Waals surface area (Å²) in [5, 5.41) is 2.72. The molecule has 0 radical (unpaired) electrons. The molecule has 1 aromatic rings. The SMILES string of the molecule is CCOCC(=O)Nc1cnccc1C. The molecule has 0 saturated heterocycles. The van der Waals surface area contributed by atoms with E-state index < -0.39 is 0 Å². The van der Waals surface area contributed by atoms with Crippen molar-refractivity contribution >= 4 is 11.6 Å². The third-order valence-corrected chi connectivity index (χ3v) is 1.75. The number of hydrogen-bond donors (Lipinski definition) is 1. The van der Waals surface area contributed by atoms with E-state index in [4.69, 9.17) is 4.74 Å². The molecule has 0 spiro atoms. The van der Waals surface area contributed by atoms with Crippen molar-refractivity contribution in [3.05, 3.63) is 24.0 Å². The Balaban J connectivity index is 2.52. The molecular weight excluding hydrogens is 180 g/mol. The quantitative estimate of drug-likeness (QED) is 0.787. The number of anilines is 1. The second kappa shape index (κ2) is 5.34. The van der Waals surface area contributed by atoms with Crippen molar-refractivity contribution in [2.24, 2.45) is 0 Å². The average molecular weight is 194 g/mol. The first-order valence-corrected chi connectivity index (χ1v) is 4.52.